The van der Waals surface area contributed by atoms with E-state index in [0.717, 1.165) is 24.0 Å². The molecule has 1 unspecified atom stereocenters. The van der Waals surface area contributed by atoms with E-state index in [-0.39, 0.29) is 55.3 Å². The number of carbonyl (C=O) groups is 4. The first-order valence-corrected chi connectivity index (χ1v) is 15.1. The van der Waals surface area contributed by atoms with Crippen LogP contribution in [-0.2, 0) is 35.0 Å². The number of fused-ring (bicyclic) bond motifs is 5. The highest BCUT2D eigenvalue weighted by Crippen LogP contribution is 2.68. The number of allylic oxidation sites excluding steroid dienone is 4. The maximum absolute atomic E-state index is 14.1. The van der Waals surface area contributed by atoms with Gasteiger partial charge in [0.1, 0.15) is 0 Å². The molecule has 0 radical (unpaired) electrons. The third-order valence-electron chi connectivity index (χ3n) is 10.4. The minimum absolute atomic E-state index is 0.0191. The molecular formula is C34H42O8. The van der Waals surface area contributed by atoms with Crippen molar-refractivity contribution in [2.45, 2.75) is 77.9 Å². The highest BCUT2D eigenvalue weighted by molar-refractivity contribution is 6.01. The average Bonchev–Trinajstić information content (AvgIpc) is 3.23. The van der Waals surface area contributed by atoms with Crippen LogP contribution in [0.3, 0.4) is 0 Å². The molecule has 4 aliphatic carbocycles. The summed E-state index contributed by atoms with van der Waals surface area (Å²) in [7, 11) is 0. The lowest BCUT2D eigenvalue weighted by Crippen LogP contribution is -2.63. The number of hydrogen-bond donors (Lipinski definition) is 1. The van der Waals surface area contributed by atoms with Crippen LogP contribution in [0.1, 0.15) is 65.4 Å². The Kier molecular flexibility index (Phi) is 8.23. The Labute approximate surface area is 247 Å². The van der Waals surface area contributed by atoms with Gasteiger partial charge in [0.2, 0.25) is 5.78 Å². The Balaban J connectivity index is 1.42. The van der Waals surface area contributed by atoms with Crippen molar-refractivity contribution in [3.8, 4) is 0 Å². The molecular weight excluding hydrogens is 536 g/mol. The third kappa shape index (κ3) is 5.23. The van der Waals surface area contributed by atoms with Crippen molar-refractivity contribution in [1.29, 1.82) is 0 Å². The van der Waals surface area contributed by atoms with Gasteiger partial charge in [-0.25, -0.2) is 4.79 Å². The van der Waals surface area contributed by atoms with Crippen LogP contribution in [-0.4, -0.2) is 53.7 Å². The van der Waals surface area contributed by atoms with E-state index in [1.165, 1.54) is 0 Å². The molecule has 3 fully saturated rings. The van der Waals surface area contributed by atoms with E-state index >= 15 is 0 Å². The molecule has 226 valence electrons. The number of hydrogen-bond acceptors (Lipinski definition) is 8. The zero-order valence-electron chi connectivity index (χ0n) is 25.0. The second-order valence-electron chi connectivity index (χ2n) is 13.4. The summed E-state index contributed by atoms with van der Waals surface area (Å²) >= 11 is 0. The summed E-state index contributed by atoms with van der Waals surface area (Å²) in [4.78, 5) is 51.9. The maximum atomic E-state index is 14.1. The molecule has 4 aliphatic rings. The fraction of sp³-hybridized carbons (Fsp3) is 0.588. The number of carbonyl (C=O) groups excluding carboxylic acids is 4. The topological polar surface area (TPSA) is 116 Å². The number of ether oxygens (including phenoxy) is 3. The second kappa shape index (κ2) is 11.4. The molecule has 0 spiro atoms. The fourth-order valence-electron chi connectivity index (χ4n) is 8.48. The molecule has 8 heteroatoms. The smallest absolute Gasteiger partial charge is 0.457 e. The Morgan fingerprint density at radius 3 is 2.52 bits per heavy atom. The summed E-state index contributed by atoms with van der Waals surface area (Å²) in [6.45, 7) is 7.43. The van der Waals surface area contributed by atoms with Crippen LogP contribution >= 0.6 is 0 Å². The van der Waals surface area contributed by atoms with Crippen molar-refractivity contribution in [1.82, 2.24) is 0 Å². The van der Waals surface area contributed by atoms with Gasteiger partial charge in [0.05, 0.1) is 19.1 Å². The number of rotatable bonds is 8. The third-order valence-corrected chi connectivity index (χ3v) is 10.4. The zero-order valence-corrected chi connectivity index (χ0v) is 25.0. The Morgan fingerprint density at radius 2 is 1.81 bits per heavy atom. The first-order chi connectivity index (χ1) is 19.9. The van der Waals surface area contributed by atoms with Gasteiger partial charge in [-0.1, -0.05) is 69.7 Å². The van der Waals surface area contributed by atoms with Crippen molar-refractivity contribution >= 4 is 23.7 Å². The summed E-state index contributed by atoms with van der Waals surface area (Å²) in [5.41, 5.74) is -1.17. The van der Waals surface area contributed by atoms with Gasteiger partial charge in [-0.15, -0.1) is 0 Å². The Hall–Kier alpha value is -3.26. The first-order valence-electron chi connectivity index (χ1n) is 15.1. The van der Waals surface area contributed by atoms with Crippen LogP contribution in [0.4, 0.5) is 4.79 Å². The Bertz CT molecular complexity index is 1300. The molecule has 0 bridgehead atoms. The number of benzene rings is 1. The van der Waals surface area contributed by atoms with Crippen LogP contribution in [0.5, 0.6) is 0 Å². The predicted molar refractivity (Wildman–Crippen MR) is 154 cm³/mol. The second-order valence-corrected chi connectivity index (χ2v) is 13.4. The minimum atomic E-state index is -1.61. The van der Waals surface area contributed by atoms with E-state index in [4.69, 9.17) is 14.2 Å². The van der Waals surface area contributed by atoms with Crippen molar-refractivity contribution in [3.63, 3.8) is 0 Å². The van der Waals surface area contributed by atoms with Gasteiger partial charge in [-0.3, -0.25) is 14.4 Å². The van der Waals surface area contributed by atoms with Crippen molar-refractivity contribution in [3.05, 3.63) is 59.7 Å². The summed E-state index contributed by atoms with van der Waals surface area (Å²) < 4.78 is 16.8. The summed E-state index contributed by atoms with van der Waals surface area (Å²) in [5, 5.41) is 11.8. The van der Waals surface area contributed by atoms with Crippen molar-refractivity contribution in [2.75, 3.05) is 13.2 Å². The number of ketones is 2. The molecule has 3 saturated carbocycles. The molecule has 0 aromatic heterocycles. The maximum Gasteiger partial charge on any atom is 0.509 e. The van der Waals surface area contributed by atoms with Crippen LogP contribution in [0.25, 0.3) is 0 Å². The predicted octanol–water partition coefficient (Wildman–Crippen LogP) is 5.17. The standard InChI is InChI=1S/C34H42O8/c1-21(2)19-41-31(39)42-34(28(37)20-40-29(38)16-22-8-6-5-7-9-22)15-13-26-25-11-10-23-17-24(35)12-14-32(23,3)30(25)27(36)18-33(26,34)4/h5-9,12,14,17,21,25-27,30,36H,10-11,13,15-16,18-20H2,1-4H3/t25-,26-,27?,30+,32-,33-,34-/m0/s1. The van der Waals surface area contributed by atoms with Gasteiger partial charge in [-0.05, 0) is 67.6 Å². The Morgan fingerprint density at radius 1 is 1.07 bits per heavy atom. The number of aliphatic hydroxyl groups is 1. The highest BCUT2D eigenvalue weighted by Gasteiger charge is 2.70. The summed E-state index contributed by atoms with van der Waals surface area (Å²) in [5.74, 6) is -1.12. The van der Waals surface area contributed by atoms with Gasteiger partial charge in [0.15, 0.2) is 18.0 Å². The van der Waals surface area contributed by atoms with E-state index in [9.17, 15) is 24.3 Å². The molecule has 8 nitrogen and oxygen atoms in total. The van der Waals surface area contributed by atoms with Gasteiger partial charge < -0.3 is 19.3 Å². The molecule has 0 aliphatic heterocycles. The highest BCUT2D eigenvalue weighted by atomic mass is 16.7. The lowest BCUT2D eigenvalue weighted by atomic mass is 9.46. The van der Waals surface area contributed by atoms with Gasteiger partial charge in [0.25, 0.3) is 0 Å². The quantitative estimate of drug-likeness (QED) is 0.420. The minimum Gasteiger partial charge on any atom is -0.457 e. The molecule has 0 heterocycles. The van der Waals surface area contributed by atoms with E-state index in [2.05, 4.69) is 6.92 Å². The molecule has 7 atom stereocenters. The fourth-order valence-corrected chi connectivity index (χ4v) is 8.48. The molecule has 1 aromatic rings. The van der Waals surface area contributed by atoms with E-state index in [1.807, 2.05) is 57.2 Å². The summed E-state index contributed by atoms with van der Waals surface area (Å²) in [6, 6.07) is 9.12. The lowest BCUT2D eigenvalue weighted by molar-refractivity contribution is -0.186. The first kappa shape index (κ1) is 30.2. The monoisotopic (exact) mass is 578 g/mol. The van der Waals surface area contributed by atoms with Crippen molar-refractivity contribution in [2.24, 2.45) is 34.5 Å². The van der Waals surface area contributed by atoms with Crippen LogP contribution < -0.4 is 0 Å². The van der Waals surface area contributed by atoms with Gasteiger partial charge in [-0.2, -0.15) is 0 Å². The summed E-state index contributed by atoms with van der Waals surface area (Å²) in [6.07, 6.45) is 6.10. The molecule has 1 N–H and O–H groups in total. The molecule has 0 amide bonds. The average molecular weight is 579 g/mol. The van der Waals surface area contributed by atoms with Crippen LogP contribution in [0.15, 0.2) is 54.1 Å². The van der Waals surface area contributed by atoms with Crippen molar-refractivity contribution < 1.29 is 38.5 Å². The van der Waals surface area contributed by atoms with Gasteiger partial charge in [0, 0.05) is 16.7 Å². The van der Waals surface area contributed by atoms with E-state index in [0.29, 0.717) is 6.42 Å². The van der Waals surface area contributed by atoms with Gasteiger partial charge >= 0.3 is 12.1 Å². The number of esters is 1. The van der Waals surface area contributed by atoms with Crippen LogP contribution in [0.2, 0.25) is 0 Å². The zero-order chi connectivity index (χ0) is 30.3. The lowest BCUT2D eigenvalue weighted by Gasteiger charge is -2.59. The SMILES string of the molecule is CC(C)COC(=O)O[C@]1(C(=O)COC(=O)Cc2ccccc2)CC[C@H]2[C@@H]3CCC4=CC(=O)C=C[C@]4(C)[C@H]3C(O)C[C@@]21C. The van der Waals surface area contributed by atoms with E-state index < -0.39 is 47.0 Å². The molecule has 5 rings (SSSR count). The number of aliphatic hydroxyl groups excluding tert-OH is 1. The largest absolute Gasteiger partial charge is 0.509 e. The molecule has 42 heavy (non-hydrogen) atoms. The molecule has 1 aromatic carbocycles. The van der Waals surface area contributed by atoms with E-state index in [1.54, 1.807) is 12.2 Å². The van der Waals surface area contributed by atoms with Crippen LogP contribution in [0, 0.1) is 34.5 Å². The number of Topliss-reactive ketones (excluding diaryl/α,β-unsaturated/α-hetero) is 1. The molecule has 0 saturated heterocycles. The normalized spacial score (nSPS) is 35.0.